The molecule has 0 aromatic rings. The maximum atomic E-state index is 6.11. The summed E-state index contributed by atoms with van der Waals surface area (Å²) < 4.78 is 6.11. The van der Waals surface area contributed by atoms with Gasteiger partial charge in [-0.2, -0.15) is 0 Å². The first-order valence-corrected chi connectivity index (χ1v) is 13.6. The van der Waals surface area contributed by atoms with E-state index in [1.807, 2.05) is 11.8 Å². The number of rotatable bonds is 6. The zero-order valence-electron chi connectivity index (χ0n) is 10.8. The van der Waals surface area contributed by atoms with E-state index < -0.39 is 16.4 Å². The standard InChI is InChI=1S/C10H26OSSi2/c1-8-10(11-14(5,6)7)12-9-13(2,3)4/h10H,8-9H2,1-7H3. The van der Waals surface area contributed by atoms with Crippen molar-refractivity contribution in [2.75, 3.05) is 5.38 Å². The van der Waals surface area contributed by atoms with Crippen LogP contribution in [0.2, 0.25) is 39.3 Å². The van der Waals surface area contributed by atoms with Crippen LogP contribution in [-0.4, -0.2) is 27.2 Å². The Bertz CT molecular complexity index is 160. The molecule has 0 N–H and O–H groups in total. The second-order valence-corrected chi connectivity index (χ2v) is 17.5. The number of hydrogen-bond acceptors (Lipinski definition) is 2. The van der Waals surface area contributed by atoms with Crippen LogP contribution < -0.4 is 0 Å². The molecule has 0 aromatic heterocycles. The van der Waals surface area contributed by atoms with E-state index in [4.69, 9.17) is 4.43 Å². The van der Waals surface area contributed by atoms with Crippen molar-refractivity contribution in [1.82, 2.24) is 0 Å². The highest BCUT2D eigenvalue weighted by Gasteiger charge is 2.22. The molecule has 0 aliphatic carbocycles. The van der Waals surface area contributed by atoms with E-state index in [2.05, 4.69) is 46.2 Å². The normalized spacial score (nSPS) is 15.6. The van der Waals surface area contributed by atoms with Crippen molar-refractivity contribution in [3.05, 3.63) is 0 Å². The Morgan fingerprint density at radius 1 is 1.07 bits per heavy atom. The Kier molecular flexibility index (Phi) is 6.03. The summed E-state index contributed by atoms with van der Waals surface area (Å²) in [5, 5.41) is 1.32. The van der Waals surface area contributed by atoms with Gasteiger partial charge >= 0.3 is 0 Å². The van der Waals surface area contributed by atoms with Gasteiger partial charge in [-0.15, -0.1) is 11.8 Å². The summed E-state index contributed by atoms with van der Waals surface area (Å²) in [5.74, 6) is 0. The molecule has 0 fully saturated rings. The summed E-state index contributed by atoms with van der Waals surface area (Å²) in [6.07, 6.45) is 1.14. The van der Waals surface area contributed by atoms with Gasteiger partial charge in [0.2, 0.25) is 0 Å². The van der Waals surface area contributed by atoms with Crippen LogP contribution in [0.5, 0.6) is 0 Å². The molecule has 0 saturated heterocycles. The van der Waals surface area contributed by atoms with Gasteiger partial charge < -0.3 is 4.43 Å². The lowest BCUT2D eigenvalue weighted by atomic mass is 10.5. The van der Waals surface area contributed by atoms with Gasteiger partial charge in [-0.3, -0.25) is 0 Å². The monoisotopic (exact) mass is 250 g/mol. The van der Waals surface area contributed by atoms with Crippen molar-refractivity contribution in [3.8, 4) is 0 Å². The first-order chi connectivity index (χ1) is 6.14. The smallest absolute Gasteiger partial charge is 0.185 e. The van der Waals surface area contributed by atoms with Gasteiger partial charge in [0.25, 0.3) is 0 Å². The van der Waals surface area contributed by atoms with Crippen molar-refractivity contribution in [1.29, 1.82) is 0 Å². The van der Waals surface area contributed by atoms with E-state index >= 15 is 0 Å². The van der Waals surface area contributed by atoms with Gasteiger partial charge in [0.1, 0.15) is 0 Å². The highest BCUT2D eigenvalue weighted by atomic mass is 32.2. The first kappa shape index (κ1) is 14.7. The Balaban J connectivity index is 3.93. The van der Waals surface area contributed by atoms with Crippen LogP contribution in [0, 0.1) is 0 Å². The van der Waals surface area contributed by atoms with Crippen LogP contribution in [0.25, 0.3) is 0 Å². The van der Waals surface area contributed by atoms with Gasteiger partial charge in [0.15, 0.2) is 8.32 Å². The van der Waals surface area contributed by atoms with Crippen LogP contribution in [0.4, 0.5) is 0 Å². The maximum Gasteiger partial charge on any atom is 0.185 e. The molecule has 86 valence electrons. The summed E-state index contributed by atoms with van der Waals surface area (Å²) >= 11 is 2.03. The molecule has 0 aromatic carbocycles. The zero-order chi connectivity index (χ0) is 11.4. The van der Waals surface area contributed by atoms with Crippen molar-refractivity contribution in [2.24, 2.45) is 0 Å². The molecule has 14 heavy (non-hydrogen) atoms. The second kappa shape index (κ2) is 5.73. The lowest BCUT2D eigenvalue weighted by molar-refractivity contribution is 0.277. The quantitative estimate of drug-likeness (QED) is 0.516. The topological polar surface area (TPSA) is 9.23 Å². The summed E-state index contributed by atoms with van der Waals surface area (Å²) in [6, 6.07) is 0. The Hall–Kier alpha value is 0.744. The van der Waals surface area contributed by atoms with Crippen molar-refractivity contribution < 1.29 is 4.43 Å². The lowest BCUT2D eigenvalue weighted by Crippen LogP contribution is -2.32. The minimum Gasteiger partial charge on any atom is -0.406 e. The number of thioether (sulfide) groups is 1. The van der Waals surface area contributed by atoms with Crippen LogP contribution >= 0.6 is 11.8 Å². The third-order valence-electron chi connectivity index (χ3n) is 1.52. The summed E-state index contributed by atoms with van der Waals surface area (Å²) in [7, 11) is -2.26. The molecule has 0 saturated carbocycles. The van der Waals surface area contributed by atoms with Gasteiger partial charge in [0, 0.05) is 0 Å². The lowest BCUT2D eigenvalue weighted by Gasteiger charge is -2.27. The highest BCUT2D eigenvalue weighted by Crippen LogP contribution is 2.23. The van der Waals surface area contributed by atoms with Gasteiger partial charge in [-0.05, 0) is 31.4 Å². The average molecular weight is 251 g/mol. The summed E-state index contributed by atoms with van der Waals surface area (Å²) in [6.45, 7) is 16.3. The minimum absolute atomic E-state index is 0.438. The predicted octanol–water partition coefficient (Wildman–Crippen LogP) is 4.18. The third kappa shape index (κ3) is 9.30. The largest absolute Gasteiger partial charge is 0.406 e. The maximum absolute atomic E-state index is 6.11. The van der Waals surface area contributed by atoms with E-state index in [1.54, 1.807) is 0 Å². The number of hydrogen-bond donors (Lipinski definition) is 0. The molecular weight excluding hydrogens is 224 g/mol. The fraction of sp³-hybridized carbons (Fsp3) is 1.00. The van der Waals surface area contributed by atoms with Gasteiger partial charge in [-0.1, -0.05) is 26.6 Å². The van der Waals surface area contributed by atoms with Crippen molar-refractivity contribution in [3.63, 3.8) is 0 Å². The van der Waals surface area contributed by atoms with Crippen LogP contribution in [0.3, 0.4) is 0 Å². The van der Waals surface area contributed by atoms with Crippen LogP contribution in [-0.2, 0) is 4.43 Å². The molecule has 1 unspecified atom stereocenters. The zero-order valence-corrected chi connectivity index (χ0v) is 13.6. The Labute approximate surface area is 96.1 Å². The van der Waals surface area contributed by atoms with E-state index in [9.17, 15) is 0 Å². The van der Waals surface area contributed by atoms with Crippen LogP contribution in [0.15, 0.2) is 0 Å². The van der Waals surface area contributed by atoms with E-state index in [0.29, 0.717) is 5.44 Å². The van der Waals surface area contributed by atoms with Gasteiger partial charge in [-0.25, -0.2) is 0 Å². The molecule has 0 aliphatic heterocycles. The molecule has 0 heterocycles. The molecule has 1 atom stereocenters. The van der Waals surface area contributed by atoms with Crippen molar-refractivity contribution >= 4 is 28.2 Å². The molecule has 1 nitrogen and oxygen atoms in total. The molecule has 0 rings (SSSR count). The predicted molar refractivity (Wildman–Crippen MR) is 74.3 cm³/mol. The highest BCUT2D eigenvalue weighted by molar-refractivity contribution is 8.01. The summed E-state index contributed by atoms with van der Waals surface area (Å²) in [4.78, 5) is 0. The molecule has 0 radical (unpaired) electrons. The average Bonchev–Trinajstić information content (AvgIpc) is 1.94. The van der Waals surface area contributed by atoms with E-state index in [-0.39, 0.29) is 0 Å². The minimum atomic E-state index is -1.34. The van der Waals surface area contributed by atoms with E-state index in [1.165, 1.54) is 5.38 Å². The molecule has 0 spiro atoms. The van der Waals surface area contributed by atoms with Crippen LogP contribution in [0.1, 0.15) is 13.3 Å². The molecule has 0 aliphatic rings. The molecular formula is C10H26OSSi2. The SMILES string of the molecule is CCC(O[Si](C)(C)C)SC[Si](C)(C)C. The second-order valence-electron chi connectivity index (χ2n) is 5.94. The molecule has 0 bridgehead atoms. The van der Waals surface area contributed by atoms with Crippen molar-refractivity contribution in [2.45, 2.75) is 58.1 Å². The molecule has 4 heteroatoms. The fourth-order valence-electron chi connectivity index (χ4n) is 0.972. The van der Waals surface area contributed by atoms with Gasteiger partial charge in [0.05, 0.1) is 13.5 Å². The Morgan fingerprint density at radius 3 is 1.86 bits per heavy atom. The molecule has 0 amide bonds. The van der Waals surface area contributed by atoms with E-state index in [0.717, 1.165) is 6.42 Å². The first-order valence-electron chi connectivity index (χ1n) is 5.43. The fourth-order valence-corrected chi connectivity index (χ4v) is 6.05. The third-order valence-corrected chi connectivity index (χ3v) is 7.62. The Morgan fingerprint density at radius 2 is 1.57 bits per heavy atom. The summed E-state index contributed by atoms with van der Waals surface area (Å²) in [5.41, 5.74) is 0.438.